The number of halogens is 3. The molecular formula is C11H12BrClFNO. The fourth-order valence-electron chi connectivity index (χ4n) is 1.15. The van der Waals surface area contributed by atoms with E-state index in [2.05, 4.69) is 21.2 Å². The Morgan fingerprint density at radius 3 is 2.88 bits per heavy atom. The van der Waals surface area contributed by atoms with Crippen LogP contribution in [-0.4, -0.2) is 17.3 Å². The van der Waals surface area contributed by atoms with Crippen LogP contribution < -0.4 is 5.32 Å². The highest BCUT2D eigenvalue weighted by Crippen LogP contribution is 2.14. The number of carbonyl (C=O) groups is 1. The van der Waals surface area contributed by atoms with E-state index in [0.29, 0.717) is 11.4 Å². The molecule has 0 radical (unpaired) electrons. The molecule has 1 amide bonds. The number of benzene rings is 1. The maximum atomic E-state index is 13.3. The predicted octanol–water partition coefficient (Wildman–Crippen LogP) is 3.38. The minimum Gasteiger partial charge on any atom is -0.352 e. The van der Waals surface area contributed by atoms with Crippen molar-refractivity contribution in [3.05, 3.63) is 34.6 Å². The SMILES string of the molecule is CC(Br)CCNC(=O)c1ccc(Cl)cc1F. The second kappa shape index (κ2) is 6.21. The van der Waals surface area contributed by atoms with E-state index in [9.17, 15) is 9.18 Å². The Kier molecular flexibility index (Phi) is 5.22. The molecule has 0 bridgehead atoms. The zero-order valence-corrected chi connectivity index (χ0v) is 11.1. The minimum absolute atomic E-state index is 0.0200. The highest BCUT2D eigenvalue weighted by Gasteiger charge is 2.11. The summed E-state index contributed by atoms with van der Waals surface area (Å²) in [5, 5.41) is 2.92. The molecule has 0 saturated carbocycles. The molecule has 1 N–H and O–H groups in total. The normalized spacial score (nSPS) is 12.2. The van der Waals surface area contributed by atoms with Crippen molar-refractivity contribution in [3.63, 3.8) is 0 Å². The van der Waals surface area contributed by atoms with Crippen LogP contribution in [0.15, 0.2) is 18.2 Å². The van der Waals surface area contributed by atoms with E-state index in [1.54, 1.807) is 0 Å². The van der Waals surface area contributed by atoms with Gasteiger partial charge in [-0.15, -0.1) is 0 Å². The first-order valence-electron chi connectivity index (χ1n) is 4.88. The van der Waals surface area contributed by atoms with Crippen LogP contribution in [0.3, 0.4) is 0 Å². The predicted molar refractivity (Wildman–Crippen MR) is 66.7 cm³/mol. The van der Waals surface area contributed by atoms with E-state index in [1.807, 2.05) is 6.92 Å². The fraction of sp³-hybridized carbons (Fsp3) is 0.364. The molecule has 0 spiro atoms. The van der Waals surface area contributed by atoms with E-state index >= 15 is 0 Å². The molecule has 0 aliphatic heterocycles. The lowest BCUT2D eigenvalue weighted by atomic mass is 10.2. The summed E-state index contributed by atoms with van der Waals surface area (Å²) in [5.41, 5.74) is 0.0200. The Bertz CT molecular complexity index is 384. The van der Waals surface area contributed by atoms with Gasteiger partial charge in [-0.2, -0.15) is 0 Å². The number of amides is 1. The van der Waals surface area contributed by atoms with E-state index in [1.165, 1.54) is 12.1 Å². The average molecular weight is 309 g/mol. The molecule has 1 unspecified atom stereocenters. The van der Waals surface area contributed by atoms with Crippen LogP contribution in [0.5, 0.6) is 0 Å². The van der Waals surface area contributed by atoms with E-state index in [4.69, 9.17) is 11.6 Å². The summed E-state index contributed by atoms with van der Waals surface area (Å²) in [5.74, 6) is -1.01. The van der Waals surface area contributed by atoms with Crippen LogP contribution >= 0.6 is 27.5 Å². The second-order valence-corrected chi connectivity index (χ2v) is 5.45. The van der Waals surface area contributed by atoms with Crippen molar-refractivity contribution in [2.75, 3.05) is 6.54 Å². The molecule has 1 aromatic carbocycles. The number of carbonyl (C=O) groups excluding carboxylic acids is 1. The minimum atomic E-state index is -0.600. The monoisotopic (exact) mass is 307 g/mol. The Balaban J connectivity index is 2.59. The Labute approximate surface area is 107 Å². The molecule has 1 aromatic rings. The highest BCUT2D eigenvalue weighted by molar-refractivity contribution is 9.09. The van der Waals surface area contributed by atoms with Gasteiger partial charge in [0.2, 0.25) is 0 Å². The molecular weight excluding hydrogens is 296 g/mol. The van der Waals surface area contributed by atoms with E-state index in [0.717, 1.165) is 12.5 Å². The van der Waals surface area contributed by atoms with Gasteiger partial charge in [0, 0.05) is 16.4 Å². The molecule has 88 valence electrons. The average Bonchev–Trinajstić information content (AvgIpc) is 2.16. The Morgan fingerprint density at radius 2 is 2.31 bits per heavy atom. The summed E-state index contributed by atoms with van der Waals surface area (Å²) in [6.07, 6.45) is 0.793. The summed E-state index contributed by atoms with van der Waals surface area (Å²) in [7, 11) is 0. The van der Waals surface area contributed by atoms with Gasteiger partial charge in [0.1, 0.15) is 5.82 Å². The topological polar surface area (TPSA) is 29.1 Å². The van der Waals surface area contributed by atoms with Gasteiger partial charge in [-0.05, 0) is 24.6 Å². The third kappa shape index (κ3) is 4.10. The van der Waals surface area contributed by atoms with Gasteiger partial charge in [0.05, 0.1) is 5.56 Å². The van der Waals surface area contributed by atoms with E-state index < -0.39 is 11.7 Å². The van der Waals surface area contributed by atoms with Crippen molar-refractivity contribution in [1.82, 2.24) is 5.32 Å². The largest absolute Gasteiger partial charge is 0.352 e. The van der Waals surface area contributed by atoms with Crippen LogP contribution in [0.4, 0.5) is 4.39 Å². The quantitative estimate of drug-likeness (QED) is 0.849. The molecule has 0 saturated heterocycles. The van der Waals surface area contributed by atoms with Gasteiger partial charge in [-0.3, -0.25) is 4.79 Å². The molecule has 5 heteroatoms. The number of nitrogens with one attached hydrogen (secondary N) is 1. The smallest absolute Gasteiger partial charge is 0.254 e. The number of alkyl halides is 1. The van der Waals surface area contributed by atoms with E-state index in [-0.39, 0.29) is 10.6 Å². The van der Waals surface area contributed by atoms with Crippen molar-refractivity contribution < 1.29 is 9.18 Å². The molecule has 0 aliphatic rings. The fourth-order valence-corrected chi connectivity index (χ4v) is 1.54. The Hall–Kier alpha value is -0.610. The lowest BCUT2D eigenvalue weighted by molar-refractivity contribution is 0.0949. The van der Waals surface area contributed by atoms with Crippen molar-refractivity contribution in [2.45, 2.75) is 18.2 Å². The molecule has 0 heterocycles. The number of hydrogen-bond donors (Lipinski definition) is 1. The first-order valence-corrected chi connectivity index (χ1v) is 6.17. The van der Waals surface area contributed by atoms with Crippen LogP contribution in [-0.2, 0) is 0 Å². The third-order valence-electron chi connectivity index (χ3n) is 2.00. The standard InChI is InChI=1S/C11H12BrClFNO/c1-7(12)4-5-15-11(16)9-3-2-8(13)6-10(9)14/h2-3,6-7H,4-5H2,1H3,(H,15,16). The third-order valence-corrected chi connectivity index (χ3v) is 2.70. The van der Waals surface area contributed by atoms with Crippen LogP contribution in [0.1, 0.15) is 23.7 Å². The molecule has 0 aliphatic carbocycles. The van der Waals surface area contributed by atoms with Crippen molar-refractivity contribution >= 4 is 33.4 Å². The van der Waals surface area contributed by atoms with Crippen LogP contribution in [0.2, 0.25) is 5.02 Å². The van der Waals surface area contributed by atoms with Gasteiger partial charge in [-0.25, -0.2) is 4.39 Å². The molecule has 16 heavy (non-hydrogen) atoms. The van der Waals surface area contributed by atoms with Gasteiger partial charge in [-0.1, -0.05) is 34.5 Å². The molecule has 1 rings (SSSR count). The van der Waals surface area contributed by atoms with Crippen molar-refractivity contribution in [2.24, 2.45) is 0 Å². The summed E-state index contributed by atoms with van der Waals surface area (Å²) in [6.45, 7) is 2.49. The van der Waals surface area contributed by atoms with Gasteiger partial charge in [0.25, 0.3) is 5.91 Å². The lowest BCUT2D eigenvalue weighted by Gasteiger charge is -2.07. The van der Waals surface area contributed by atoms with Gasteiger partial charge < -0.3 is 5.32 Å². The van der Waals surface area contributed by atoms with Gasteiger partial charge in [0.15, 0.2) is 0 Å². The Morgan fingerprint density at radius 1 is 1.62 bits per heavy atom. The van der Waals surface area contributed by atoms with Crippen LogP contribution in [0, 0.1) is 5.82 Å². The summed E-state index contributed by atoms with van der Waals surface area (Å²) >= 11 is 8.95. The highest BCUT2D eigenvalue weighted by atomic mass is 79.9. The lowest BCUT2D eigenvalue weighted by Crippen LogP contribution is -2.26. The van der Waals surface area contributed by atoms with Crippen LogP contribution in [0.25, 0.3) is 0 Å². The van der Waals surface area contributed by atoms with Crippen molar-refractivity contribution in [3.8, 4) is 0 Å². The summed E-state index contributed by atoms with van der Waals surface area (Å²) in [6, 6.07) is 4.00. The number of hydrogen-bond acceptors (Lipinski definition) is 1. The molecule has 0 aromatic heterocycles. The molecule has 0 fully saturated rings. The maximum absolute atomic E-state index is 13.3. The van der Waals surface area contributed by atoms with Gasteiger partial charge >= 0.3 is 0 Å². The summed E-state index contributed by atoms with van der Waals surface area (Å²) in [4.78, 5) is 11.9. The maximum Gasteiger partial charge on any atom is 0.254 e. The van der Waals surface area contributed by atoms with Crippen molar-refractivity contribution in [1.29, 1.82) is 0 Å². The first-order chi connectivity index (χ1) is 7.50. The molecule has 1 atom stereocenters. The summed E-state index contributed by atoms with van der Waals surface area (Å²) < 4.78 is 13.3. The zero-order valence-electron chi connectivity index (χ0n) is 8.77. The zero-order chi connectivity index (χ0) is 12.1. The first kappa shape index (κ1) is 13.5. The number of rotatable bonds is 4. The second-order valence-electron chi connectivity index (χ2n) is 3.45. The molecule has 2 nitrogen and oxygen atoms in total.